The molecule has 0 saturated carbocycles. The van der Waals surface area contributed by atoms with Crippen LogP contribution in [0.4, 0.5) is 0 Å². The van der Waals surface area contributed by atoms with E-state index in [0.717, 1.165) is 25.1 Å². The number of hydrogen-bond acceptors (Lipinski definition) is 4. The van der Waals surface area contributed by atoms with Gasteiger partial charge in [-0.3, -0.25) is 9.98 Å². The number of hydrazine groups is 1. The van der Waals surface area contributed by atoms with Crippen LogP contribution in [0.5, 0.6) is 0 Å². The second kappa shape index (κ2) is 6.75. The van der Waals surface area contributed by atoms with E-state index in [1.165, 1.54) is 22.4 Å². The molecule has 0 fully saturated rings. The molecule has 134 valence electrons. The van der Waals surface area contributed by atoms with Crippen LogP contribution in [0.1, 0.15) is 50.9 Å². The monoisotopic (exact) mass is 338 g/mol. The fraction of sp³-hybridized carbons (Fsp3) is 0.524. The van der Waals surface area contributed by atoms with Crippen molar-refractivity contribution in [1.82, 2.24) is 15.0 Å². The molecule has 1 aromatic heterocycles. The molecule has 0 aromatic carbocycles. The first kappa shape index (κ1) is 17.9. The van der Waals surface area contributed by atoms with Crippen molar-refractivity contribution in [3.63, 3.8) is 0 Å². The number of nitrogens with zero attached hydrogens (tertiary/aromatic N) is 4. The summed E-state index contributed by atoms with van der Waals surface area (Å²) in [5, 5.41) is 4.53. The minimum Gasteiger partial charge on any atom is -0.308 e. The van der Waals surface area contributed by atoms with E-state index in [9.17, 15) is 0 Å². The first-order valence-electron chi connectivity index (χ1n) is 9.11. The third-order valence-electron chi connectivity index (χ3n) is 5.07. The van der Waals surface area contributed by atoms with Gasteiger partial charge in [0.1, 0.15) is 0 Å². The topological polar surface area (TPSA) is 31.7 Å². The first-order chi connectivity index (χ1) is 11.7. The summed E-state index contributed by atoms with van der Waals surface area (Å²) in [6, 6.07) is 2.59. The van der Waals surface area contributed by atoms with Crippen molar-refractivity contribution in [2.45, 2.75) is 60.0 Å². The molecule has 0 spiro atoms. The Morgan fingerprint density at radius 2 is 1.96 bits per heavy atom. The molecule has 2 aliphatic rings. The van der Waals surface area contributed by atoms with Crippen molar-refractivity contribution >= 4 is 5.71 Å². The SMILES string of the molecule is CC1=NC=CC2C1=CN(Cc1cnc(CCC(C)(C)C)c(C)c1)N2C. The summed E-state index contributed by atoms with van der Waals surface area (Å²) in [5.41, 5.74) is 6.52. The molecule has 1 unspecified atom stereocenters. The maximum absolute atomic E-state index is 4.75. The van der Waals surface area contributed by atoms with Gasteiger partial charge in [0.25, 0.3) is 0 Å². The Hall–Kier alpha value is -1.94. The standard InChI is InChI=1S/C21H30N4/c1-15-11-17(12-23-19(15)7-9-21(3,4)5)13-25-14-18-16(2)22-10-8-20(18)24(25)6/h8,10-12,14,20H,7,9,13H2,1-6H3. The predicted molar refractivity (Wildman–Crippen MR) is 104 cm³/mol. The minimum atomic E-state index is 0.303. The summed E-state index contributed by atoms with van der Waals surface area (Å²) >= 11 is 0. The number of hydrogen-bond donors (Lipinski definition) is 0. The average Bonchev–Trinajstić information content (AvgIpc) is 2.84. The molecule has 4 heteroatoms. The summed E-state index contributed by atoms with van der Waals surface area (Å²) in [5.74, 6) is 0. The fourth-order valence-corrected chi connectivity index (χ4v) is 3.38. The van der Waals surface area contributed by atoms with E-state index in [-0.39, 0.29) is 0 Å². The molecule has 0 amide bonds. The number of rotatable bonds is 4. The molecule has 0 saturated heterocycles. The van der Waals surface area contributed by atoms with Gasteiger partial charge in [-0.2, -0.15) is 0 Å². The third-order valence-corrected chi connectivity index (χ3v) is 5.07. The highest BCUT2D eigenvalue weighted by atomic mass is 15.6. The van der Waals surface area contributed by atoms with E-state index < -0.39 is 0 Å². The second-order valence-corrected chi connectivity index (χ2v) is 8.42. The summed E-state index contributed by atoms with van der Waals surface area (Å²) in [7, 11) is 2.13. The van der Waals surface area contributed by atoms with Crippen molar-refractivity contribution in [2.75, 3.05) is 7.05 Å². The van der Waals surface area contributed by atoms with Gasteiger partial charge in [0, 0.05) is 42.6 Å². The molecular weight excluding hydrogens is 308 g/mol. The maximum Gasteiger partial charge on any atom is 0.0770 e. The van der Waals surface area contributed by atoms with Crippen LogP contribution in [0.3, 0.4) is 0 Å². The van der Waals surface area contributed by atoms with E-state index in [4.69, 9.17) is 4.98 Å². The lowest BCUT2D eigenvalue weighted by Crippen LogP contribution is -2.38. The molecule has 25 heavy (non-hydrogen) atoms. The Balaban J connectivity index is 1.71. The van der Waals surface area contributed by atoms with Gasteiger partial charge in [0.05, 0.1) is 12.6 Å². The number of fused-ring (bicyclic) bond motifs is 1. The molecule has 3 heterocycles. The normalized spacial score (nSPS) is 20.6. The summed E-state index contributed by atoms with van der Waals surface area (Å²) in [6.07, 6.45) is 10.5. The Kier molecular flexibility index (Phi) is 4.83. The van der Waals surface area contributed by atoms with Gasteiger partial charge >= 0.3 is 0 Å². The van der Waals surface area contributed by atoms with Crippen molar-refractivity contribution in [3.8, 4) is 0 Å². The molecule has 1 aromatic rings. The number of pyridine rings is 1. The number of aryl methyl sites for hydroxylation is 2. The van der Waals surface area contributed by atoms with Crippen molar-refractivity contribution in [2.24, 2.45) is 10.4 Å². The van der Waals surface area contributed by atoms with Gasteiger partial charge in [-0.05, 0) is 49.3 Å². The molecule has 3 rings (SSSR count). The van der Waals surface area contributed by atoms with E-state index in [1.54, 1.807) is 0 Å². The van der Waals surface area contributed by atoms with Crippen LogP contribution in [-0.2, 0) is 13.0 Å². The van der Waals surface area contributed by atoms with Gasteiger partial charge in [0.15, 0.2) is 0 Å². The fourth-order valence-electron chi connectivity index (χ4n) is 3.38. The third kappa shape index (κ3) is 4.01. The Morgan fingerprint density at radius 3 is 2.60 bits per heavy atom. The molecule has 4 nitrogen and oxygen atoms in total. The lowest BCUT2D eigenvalue weighted by molar-refractivity contribution is 0.0526. The molecule has 0 aliphatic carbocycles. The Bertz CT molecular complexity index is 737. The van der Waals surface area contributed by atoms with Gasteiger partial charge in [-0.15, -0.1) is 0 Å². The summed E-state index contributed by atoms with van der Waals surface area (Å²) < 4.78 is 0. The molecular formula is C21H30N4. The van der Waals surface area contributed by atoms with E-state index in [2.05, 4.69) is 75.0 Å². The van der Waals surface area contributed by atoms with Crippen LogP contribution in [0, 0.1) is 12.3 Å². The molecule has 0 bridgehead atoms. The number of aliphatic imine (C=N–C) groups is 1. The summed E-state index contributed by atoms with van der Waals surface area (Å²) in [4.78, 5) is 9.17. The van der Waals surface area contributed by atoms with Crippen molar-refractivity contribution in [3.05, 3.63) is 53.1 Å². The summed E-state index contributed by atoms with van der Waals surface area (Å²) in [6.45, 7) is 12.0. The Morgan fingerprint density at radius 1 is 1.20 bits per heavy atom. The average molecular weight is 338 g/mol. The zero-order chi connectivity index (χ0) is 18.2. The second-order valence-electron chi connectivity index (χ2n) is 8.42. The van der Waals surface area contributed by atoms with Crippen LogP contribution < -0.4 is 0 Å². The highest BCUT2D eigenvalue weighted by Crippen LogP contribution is 2.28. The lowest BCUT2D eigenvalue weighted by atomic mass is 9.89. The molecule has 1 atom stereocenters. The van der Waals surface area contributed by atoms with Gasteiger partial charge in [0.2, 0.25) is 0 Å². The quantitative estimate of drug-likeness (QED) is 0.821. The van der Waals surface area contributed by atoms with Gasteiger partial charge < -0.3 is 5.01 Å². The maximum atomic E-state index is 4.75. The van der Waals surface area contributed by atoms with Crippen LogP contribution in [0.2, 0.25) is 0 Å². The highest BCUT2D eigenvalue weighted by Gasteiger charge is 2.31. The van der Waals surface area contributed by atoms with E-state index in [1.807, 2.05) is 12.4 Å². The zero-order valence-corrected chi connectivity index (χ0v) is 16.4. The number of aromatic nitrogens is 1. The van der Waals surface area contributed by atoms with E-state index in [0.29, 0.717) is 11.5 Å². The molecule has 2 aliphatic heterocycles. The van der Waals surface area contributed by atoms with E-state index >= 15 is 0 Å². The largest absolute Gasteiger partial charge is 0.308 e. The van der Waals surface area contributed by atoms with Crippen LogP contribution >= 0.6 is 0 Å². The minimum absolute atomic E-state index is 0.303. The van der Waals surface area contributed by atoms with Crippen LogP contribution in [0.15, 0.2) is 41.3 Å². The van der Waals surface area contributed by atoms with Crippen molar-refractivity contribution in [1.29, 1.82) is 0 Å². The van der Waals surface area contributed by atoms with Crippen molar-refractivity contribution < 1.29 is 0 Å². The molecule has 0 radical (unpaired) electrons. The van der Waals surface area contributed by atoms with Crippen LogP contribution in [0.25, 0.3) is 0 Å². The Labute approximate surface area is 151 Å². The highest BCUT2D eigenvalue weighted by molar-refractivity contribution is 6.01. The van der Waals surface area contributed by atoms with Gasteiger partial charge in [-0.1, -0.05) is 26.8 Å². The number of likely N-dealkylation sites (N-methyl/N-ethyl adjacent to an activating group) is 1. The lowest BCUT2D eigenvalue weighted by Gasteiger charge is -2.29. The predicted octanol–water partition coefficient (Wildman–Crippen LogP) is 4.27. The first-order valence-corrected chi connectivity index (χ1v) is 9.11. The molecule has 0 N–H and O–H groups in total. The van der Waals surface area contributed by atoms with Crippen LogP contribution in [-0.4, -0.2) is 33.8 Å². The smallest absolute Gasteiger partial charge is 0.0770 e. The van der Waals surface area contributed by atoms with Gasteiger partial charge in [-0.25, -0.2) is 5.01 Å². The zero-order valence-electron chi connectivity index (χ0n) is 16.4.